The molecule has 2 rings (SSSR count). The number of carbonyl (C=O) groups is 4. The first kappa shape index (κ1) is 22.4. The van der Waals surface area contributed by atoms with Crippen LogP contribution in [0.25, 0.3) is 0 Å². The number of rotatable bonds is 7. The number of hydrogen-bond donors (Lipinski definition) is 5. The summed E-state index contributed by atoms with van der Waals surface area (Å²) in [5.41, 5.74) is 5.76. The standard InChI is InChI=1S/C17H28N4O6S/c1-9(22)13(17(26)27)19-14(23)11-4-2-6-20(11)16(25)12-5-3-7-21(12)15(24)10(18)8-28/h9-13,22,28H,2-8,18H2,1H3,(H,19,23)(H,26,27)/t9-,10+,11+,12+,13+/m1/s1. The molecule has 3 amide bonds. The molecule has 0 aromatic heterocycles. The van der Waals surface area contributed by atoms with Crippen molar-refractivity contribution in [2.45, 2.75) is 62.9 Å². The van der Waals surface area contributed by atoms with Crippen molar-refractivity contribution in [3.05, 3.63) is 0 Å². The molecule has 2 aliphatic heterocycles. The largest absolute Gasteiger partial charge is 0.480 e. The molecule has 0 saturated carbocycles. The highest BCUT2D eigenvalue weighted by Crippen LogP contribution is 2.25. The molecule has 10 nitrogen and oxygen atoms in total. The maximum absolute atomic E-state index is 13.1. The summed E-state index contributed by atoms with van der Waals surface area (Å²) in [5.74, 6) is -2.49. The smallest absolute Gasteiger partial charge is 0.328 e. The van der Waals surface area contributed by atoms with E-state index in [9.17, 15) is 24.3 Å². The third kappa shape index (κ3) is 4.76. The van der Waals surface area contributed by atoms with E-state index in [0.29, 0.717) is 38.8 Å². The van der Waals surface area contributed by atoms with Gasteiger partial charge in [-0.15, -0.1) is 0 Å². The van der Waals surface area contributed by atoms with Crippen molar-refractivity contribution in [3.63, 3.8) is 0 Å². The lowest BCUT2D eigenvalue weighted by Gasteiger charge is -2.32. The molecule has 158 valence electrons. The van der Waals surface area contributed by atoms with Crippen LogP contribution in [0.15, 0.2) is 0 Å². The molecule has 0 bridgehead atoms. The number of thiol groups is 1. The summed E-state index contributed by atoms with van der Waals surface area (Å²) < 4.78 is 0. The minimum absolute atomic E-state index is 0.168. The molecule has 2 aliphatic rings. The Labute approximate surface area is 168 Å². The number of carbonyl (C=O) groups excluding carboxylic acids is 3. The molecule has 0 unspecified atom stereocenters. The van der Waals surface area contributed by atoms with Crippen molar-refractivity contribution in [2.75, 3.05) is 18.8 Å². The lowest BCUT2D eigenvalue weighted by molar-refractivity contribution is -0.149. The highest BCUT2D eigenvalue weighted by atomic mass is 32.1. The molecule has 11 heteroatoms. The number of carboxylic acids is 1. The first-order chi connectivity index (χ1) is 13.2. The van der Waals surface area contributed by atoms with Gasteiger partial charge < -0.3 is 31.1 Å². The molecule has 2 fully saturated rings. The Hall–Kier alpha value is -1.85. The van der Waals surface area contributed by atoms with E-state index >= 15 is 0 Å². The first-order valence-corrected chi connectivity index (χ1v) is 10.0. The van der Waals surface area contributed by atoms with E-state index in [-0.39, 0.29) is 17.6 Å². The zero-order chi connectivity index (χ0) is 21.0. The minimum atomic E-state index is -1.46. The van der Waals surface area contributed by atoms with Crippen molar-refractivity contribution in [2.24, 2.45) is 5.73 Å². The summed E-state index contributed by atoms with van der Waals surface area (Å²) in [7, 11) is 0. The third-order valence-corrected chi connectivity index (χ3v) is 5.61. The van der Waals surface area contributed by atoms with Gasteiger partial charge in [-0.05, 0) is 32.6 Å². The highest BCUT2D eigenvalue weighted by molar-refractivity contribution is 7.80. The molecule has 5 atom stereocenters. The number of nitrogens with one attached hydrogen (secondary N) is 1. The number of carboxylic acid groups (broad SMARTS) is 1. The molecule has 2 heterocycles. The lowest BCUT2D eigenvalue weighted by atomic mass is 10.1. The Balaban J connectivity index is 2.10. The quantitative estimate of drug-likeness (QED) is 0.306. The fourth-order valence-corrected chi connectivity index (χ4v) is 3.87. The van der Waals surface area contributed by atoms with E-state index in [4.69, 9.17) is 10.8 Å². The Morgan fingerprint density at radius 2 is 1.71 bits per heavy atom. The molecule has 0 aliphatic carbocycles. The average Bonchev–Trinajstić information content (AvgIpc) is 3.32. The molecule has 2 saturated heterocycles. The van der Waals surface area contributed by atoms with Gasteiger partial charge in [-0.3, -0.25) is 14.4 Å². The molecular weight excluding hydrogens is 388 g/mol. The second kappa shape index (κ2) is 9.57. The average molecular weight is 417 g/mol. The first-order valence-electron chi connectivity index (χ1n) is 9.37. The van der Waals surface area contributed by atoms with Crippen molar-refractivity contribution in [1.82, 2.24) is 15.1 Å². The second-order valence-electron chi connectivity index (χ2n) is 7.23. The van der Waals surface area contributed by atoms with Gasteiger partial charge in [0.2, 0.25) is 17.7 Å². The van der Waals surface area contributed by atoms with E-state index in [1.807, 2.05) is 0 Å². The van der Waals surface area contributed by atoms with Gasteiger partial charge in [-0.1, -0.05) is 0 Å². The van der Waals surface area contributed by atoms with Crippen LogP contribution in [0, 0.1) is 0 Å². The summed E-state index contributed by atoms with van der Waals surface area (Å²) in [4.78, 5) is 52.1. The zero-order valence-electron chi connectivity index (χ0n) is 15.8. The van der Waals surface area contributed by atoms with Crippen LogP contribution in [-0.4, -0.2) is 92.8 Å². The fraction of sp³-hybridized carbons (Fsp3) is 0.765. The van der Waals surface area contributed by atoms with E-state index in [1.165, 1.54) is 16.7 Å². The lowest BCUT2D eigenvalue weighted by Crippen LogP contribution is -2.57. The topological polar surface area (TPSA) is 153 Å². The van der Waals surface area contributed by atoms with E-state index in [2.05, 4.69) is 17.9 Å². The third-order valence-electron chi connectivity index (χ3n) is 5.22. The number of aliphatic hydroxyl groups is 1. The second-order valence-corrected chi connectivity index (χ2v) is 7.60. The molecule has 0 spiro atoms. The normalized spacial score (nSPS) is 25.3. The summed E-state index contributed by atoms with van der Waals surface area (Å²) in [6.45, 7) is 2.04. The number of aliphatic hydroxyl groups excluding tert-OH is 1. The van der Waals surface area contributed by atoms with Gasteiger partial charge >= 0.3 is 5.97 Å². The predicted molar refractivity (Wildman–Crippen MR) is 103 cm³/mol. The summed E-state index contributed by atoms with van der Waals surface area (Å²) >= 11 is 4.03. The van der Waals surface area contributed by atoms with Gasteiger partial charge in [0.25, 0.3) is 0 Å². The van der Waals surface area contributed by atoms with Crippen molar-refractivity contribution in [3.8, 4) is 0 Å². The Morgan fingerprint density at radius 3 is 2.25 bits per heavy atom. The van der Waals surface area contributed by atoms with Crippen LogP contribution in [0.3, 0.4) is 0 Å². The summed E-state index contributed by atoms with van der Waals surface area (Å²) in [5, 5.41) is 21.0. The maximum Gasteiger partial charge on any atom is 0.328 e. The van der Waals surface area contributed by atoms with Gasteiger partial charge in [0.1, 0.15) is 12.1 Å². The van der Waals surface area contributed by atoms with Crippen LogP contribution < -0.4 is 11.1 Å². The van der Waals surface area contributed by atoms with Crippen LogP contribution in [0.2, 0.25) is 0 Å². The number of likely N-dealkylation sites (tertiary alicyclic amines) is 2. The Morgan fingerprint density at radius 1 is 1.14 bits per heavy atom. The van der Waals surface area contributed by atoms with Gasteiger partial charge in [0, 0.05) is 18.8 Å². The minimum Gasteiger partial charge on any atom is -0.480 e. The van der Waals surface area contributed by atoms with Crippen LogP contribution in [-0.2, 0) is 19.2 Å². The number of hydrogen-bond acceptors (Lipinski definition) is 7. The van der Waals surface area contributed by atoms with Crippen molar-refractivity contribution in [1.29, 1.82) is 0 Å². The monoisotopic (exact) mass is 416 g/mol. The van der Waals surface area contributed by atoms with Gasteiger partial charge in [-0.25, -0.2) is 4.79 Å². The summed E-state index contributed by atoms with van der Waals surface area (Å²) in [6.07, 6.45) is 0.848. The molecule has 0 radical (unpaired) electrons. The molecule has 28 heavy (non-hydrogen) atoms. The van der Waals surface area contributed by atoms with Gasteiger partial charge in [0.05, 0.1) is 12.1 Å². The van der Waals surface area contributed by atoms with Gasteiger partial charge in [0.15, 0.2) is 6.04 Å². The number of nitrogens with two attached hydrogens (primary N) is 1. The van der Waals surface area contributed by atoms with Crippen LogP contribution in [0.5, 0.6) is 0 Å². The SMILES string of the molecule is C[C@@H](O)[C@H](NC(=O)[C@@H]1CCCN1C(=O)[C@@H]1CCCN1C(=O)[C@@H](N)CS)C(=O)O. The summed E-state index contributed by atoms with van der Waals surface area (Å²) in [6, 6.07) is -3.76. The molecule has 0 aromatic rings. The van der Waals surface area contributed by atoms with Crippen LogP contribution in [0.4, 0.5) is 0 Å². The van der Waals surface area contributed by atoms with Crippen LogP contribution >= 0.6 is 12.6 Å². The van der Waals surface area contributed by atoms with E-state index < -0.39 is 42.1 Å². The maximum atomic E-state index is 13.1. The molecule has 5 N–H and O–H groups in total. The van der Waals surface area contributed by atoms with Crippen LogP contribution in [0.1, 0.15) is 32.6 Å². The molecular formula is C17H28N4O6S. The van der Waals surface area contributed by atoms with Crippen molar-refractivity contribution < 1.29 is 29.4 Å². The number of aliphatic carboxylic acids is 1. The number of amides is 3. The predicted octanol–water partition coefficient (Wildman–Crippen LogP) is -1.82. The Kier molecular flexibility index (Phi) is 7.67. The van der Waals surface area contributed by atoms with Crippen molar-refractivity contribution >= 4 is 36.3 Å². The van der Waals surface area contributed by atoms with E-state index in [1.54, 1.807) is 0 Å². The fourth-order valence-electron chi connectivity index (χ4n) is 3.71. The highest BCUT2D eigenvalue weighted by Gasteiger charge is 2.43. The Bertz CT molecular complexity index is 631. The van der Waals surface area contributed by atoms with E-state index in [0.717, 1.165) is 0 Å². The number of nitrogens with zero attached hydrogens (tertiary/aromatic N) is 2. The zero-order valence-corrected chi connectivity index (χ0v) is 16.7. The molecule has 0 aromatic carbocycles. The van der Waals surface area contributed by atoms with Gasteiger partial charge in [-0.2, -0.15) is 12.6 Å².